The zero-order valence-corrected chi connectivity index (χ0v) is 10.9. The van der Waals surface area contributed by atoms with Crippen LogP contribution in [0.1, 0.15) is 51.9 Å². The Morgan fingerprint density at radius 3 is 2.44 bits per heavy atom. The van der Waals surface area contributed by atoms with Gasteiger partial charge in [0, 0.05) is 12.6 Å². The molecular formula is C14H27NO. The number of likely N-dealkylation sites (N-methyl/N-ethyl adjacent to an activating group) is 1. The fraction of sp³-hybridized carbons (Fsp3) is 1.00. The molecule has 1 saturated heterocycles. The smallest absolute Gasteiger partial charge is 0.0731 e. The summed E-state index contributed by atoms with van der Waals surface area (Å²) >= 11 is 0. The van der Waals surface area contributed by atoms with Crippen LogP contribution in [0.5, 0.6) is 0 Å². The Kier molecular flexibility index (Phi) is 4.66. The van der Waals surface area contributed by atoms with Gasteiger partial charge in [-0.25, -0.2) is 0 Å². The number of hydrogen-bond acceptors (Lipinski definition) is 2. The Morgan fingerprint density at radius 1 is 1.19 bits per heavy atom. The summed E-state index contributed by atoms with van der Waals surface area (Å²) in [6.07, 6.45) is 10.1. The molecule has 0 radical (unpaired) electrons. The molecule has 1 aliphatic heterocycles. The fourth-order valence-corrected chi connectivity index (χ4v) is 3.57. The van der Waals surface area contributed by atoms with Crippen LogP contribution >= 0.6 is 0 Å². The fourth-order valence-electron chi connectivity index (χ4n) is 3.57. The van der Waals surface area contributed by atoms with E-state index in [1.807, 2.05) is 0 Å². The molecule has 0 aromatic carbocycles. The topological polar surface area (TPSA) is 21.3 Å². The first kappa shape index (κ1) is 12.4. The zero-order valence-electron chi connectivity index (χ0n) is 10.9. The van der Waals surface area contributed by atoms with Crippen LogP contribution in [0.15, 0.2) is 0 Å². The molecule has 0 spiro atoms. The lowest BCUT2D eigenvalue weighted by Gasteiger charge is -2.36. The van der Waals surface area contributed by atoms with Gasteiger partial charge in [-0.15, -0.1) is 0 Å². The molecule has 1 aliphatic carbocycles. The number of rotatable bonds is 4. The van der Waals surface area contributed by atoms with Crippen molar-refractivity contribution in [1.82, 2.24) is 5.32 Å². The van der Waals surface area contributed by atoms with Gasteiger partial charge in [0.25, 0.3) is 0 Å². The first-order valence-electron chi connectivity index (χ1n) is 7.14. The molecule has 2 rings (SSSR count). The van der Waals surface area contributed by atoms with Crippen LogP contribution in [0.2, 0.25) is 0 Å². The van der Waals surface area contributed by atoms with Crippen LogP contribution in [0.3, 0.4) is 0 Å². The minimum Gasteiger partial charge on any atom is -0.377 e. The molecule has 0 aromatic heterocycles. The Hall–Kier alpha value is -0.0800. The molecule has 1 N–H and O–H groups in total. The molecule has 2 atom stereocenters. The van der Waals surface area contributed by atoms with Crippen LogP contribution < -0.4 is 5.32 Å². The maximum absolute atomic E-state index is 5.85. The quantitative estimate of drug-likeness (QED) is 0.794. The molecular weight excluding hydrogens is 198 g/mol. The van der Waals surface area contributed by atoms with Gasteiger partial charge in [-0.05, 0) is 44.6 Å². The van der Waals surface area contributed by atoms with E-state index in [2.05, 4.69) is 19.3 Å². The molecule has 0 bridgehead atoms. The third kappa shape index (κ3) is 2.78. The Labute approximate surface area is 100 Å². The van der Waals surface area contributed by atoms with E-state index in [1.165, 1.54) is 44.9 Å². The Morgan fingerprint density at radius 2 is 1.94 bits per heavy atom. The van der Waals surface area contributed by atoms with Gasteiger partial charge in [-0.2, -0.15) is 0 Å². The van der Waals surface area contributed by atoms with Gasteiger partial charge in [0.05, 0.1) is 6.10 Å². The van der Waals surface area contributed by atoms with Gasteiger partial charge in [0.15, 0.2) is 0 Å². The number of ether oxygens (including phenoxy) is 1. The Bertz CT molecular complexity index is 193. The third-order valence-electron chi connectivity index (χ3n) is 4.68. The highest BCUT2D eigenvalue weighted by Gasteiger charge is 2.33. The average Bonchev–Trinajstić information content (AvgIpc) is 2.85. The minimum atomic E-state index is 0.494. The highest BCUT2D eigenvalue weighted by molar-refractivity contribution is 4.88. The van der Waals surface area contributed by atoms with Crippen LogP contribution in [0.4, 0.5) is 0 Å². The zero-order chi connectivity index (χ0) is 11.4. The molecule has 2 aliphatic rings. The molecule has 0 amide bonds. The van der Waals surface area contributed by atoms with Crippen molar-refractivity contribution in [2.45, 2.75) is 64.0 Å². The molecule has 0 aromatic rings. The van der Waals surface area contributed by atoms with E-state index in [1.54, 1.807) is 0 Å². The largest absolute Gasteiger partial charge is 0.377 e. The molecule has 2 heteroatoms. The summed E-state index contributed by atoms with van der Waals surface area (Å²) in [6.45, 7) is 3.31. The number of hydrogen-bond donors (Lipinski definition) is 1. The van der Waals surface area contributed by atoms with Gasteiger partial charge < -0.3 is 10.1 Å². The van der Waals surface area contributed by atoms with E-state index in [0.717, 1.165) is 18.4 Å². The van der Waals surface area contributed by atoms with E-state index in [4.69, 9.17) is 4.74 Å². The van der Waals surface area contributed by atoms with Gasteiger partial charge >= 0.3 is 0 Å². The maximum atomic E-state index is 5.85. The second kappa shape index (κ2) is 6.02. The first-order chi connectivity index (χ1) is 7.85. The second-order valence-electron chi connectivity index (χ2n) is 5.55. The molecule has 16 heavy (non-hydrogen) atoms. The van der Waals surface area contributed by atoms with E-state index >= 15 is 0 Å². The predicted molar refractivity (Wildman–Crippen MR) is 67.6 cm³/mol. The standard InChI is InChI=1S/C14H27NO/c1-3-11-6-8-12(9-7-11)14(15-2)13-5-4-10-16-13/h11-15H,3-10H2,1-2H3. The normalized spacial score (nSPS) is 37.5. The van der Waals surface area contributed by atoms with Gasteiger partial charge in [-0.3, -0.25) is 0 Å². The van der Waals surface area contributed by atoms with Crippen LogP contribution in [-0.2, 0) is 4.74 Å². The van der Waals surface area contributed by atoms with Crippen LogP contribution in [0.25, 0.3) is 0 Å². The lowest BCUT2D eigenvalue weighted by atomic mass is 9.76. The summed E-state index contributed by atoms with van der Waals surface area (Å²) in [5.41, 5.74) is 0. The van der Waals surface area contributed by atoms with Crippen molar-refractivity contribution in [1.29, 1.82) is 0 Å². The average molecular weight is 225 g/mol. The third-order valence-corrected chi connectivity index (χ3v) is 4.68. The van der Waals surface area contributed by atoms with Crippen LogP contribution in [0, 0.1) is 11.8 Å². The summed E-state index contributed by atoms with van der Waals surface area (Å²) in [5.74, 6) is 1.86. The SMILES string of the molecule is CCC1CCC(C(NC)C2CCCO2)CC1. The summed E-state index contributed by atoms with van der Waals surface area (Å²) in [6, 6.07) is 0.611. The summed E-state index contributed by atoms with van der Waals surface area (Å²) in [4.78, 5) is 0. The van der Waals surface area contributed by atoms with Gasteiger partial charge in [-0.1, -0.05) is 26.2 Å². The monoisotopic (exact) mass is 225 g/mol. The highest BCUT2D eigenvalue weighted by Crippen LogP contribution is 2.35. The minimum absolute atomic E-state index is 0.494. The summed E-state index contributed by atoms with van der Waals surface area (Å²) in [5, 5.41) is 3.52. The van der Waals surface area contributed by atoms with Gasteiger partial charge in [0.2, 0.25) is 0 Å². The van der Waals surface area contributed by atoms with Gasteiger partial charge in [0.1, 0.15) is 0 Å². The highest BCUT2D eigenvalue weighted by atomic mass is 16.5. The molecule has 1 saturated carbocycles. The lowest BCUT2D eigenvalue weighted by molar-refractivity contribution is 0.0483. The maximum Gasteiger partial charge on any atom is 0.0731 e. The van der Waals surface area contributed by atoms with Crippen LogP contribution in [-0.4, -0.2) is 25.8 Å². The first-order valence-corrected chi connectivity index (χ1v) is 7.14. The van der Waals surface area contributed by atoms with Crippen molar-refractivity contribution in [3.63, 3.8) is 0 Å². The van der Waals surface area contributed by atoms with Crippen molar-refractivity contribution >= 4 is 0 Å². The lowest BCUT2D eigenvalue weighted by Crippen LogP contribution is -2.44. The van der Waals surface area contributed by atoms with Crippen molar-refractivity contribution in [2.24, 2.45) is 11.8 Å². The van der Waals surface area contributed by atoms with E-state index in [0.29, 0.717) is 12.1 Å². The molecule has 94 valence electrons. The van der Waals surface area contributed by atoms with Crippen molar-refractivity contribution in [2.75, 3.05) is 13.7 Å². The molecule has 2 fully saturated rings. The molecule has 1 heterocycles. The second-order valence-corrected chi connectivity index (χ2v) is 5.55. The van der Waals surface area contributed by atoms with E-state index in [9.17, 15) is 0 Å². The van der Waals surface area contributed by atoms with Crippen molar-refractivity contribution < 1.29 is 4.74 Å². The number of nitrogens with one attached hydrogen (secondary N) is 1. The summed E-state index contributed by atoms with van der Waals surface area (Å²) < 4.78 is 5.85. The van der Waals surface area contributed by atoms with Crippen molar-refractivity contribution in [3.8, 4) is 0 Å². The van der Waals surface area contributed by atoms with E-state index in [-0.39, 0.29) is 0 Å². The predicted octanol–water partition coefficient (Wildman–Crippen LogP) is 2.97. The summed E-state index contributed by atoms with van der Waals surface area (Å²) in [7, 11) is 2.11. The molecule has 2 unspecified atom stereocenters. The van der Waals surface area contributed by atoms with E-state index < -0.39 is 0 Å². The Balaban J connectivity index is 1.85. The molecule has 2 nitrogen and oxygen atoms in total. The van der Waals surface area contributed by atoms with Crippen molar-refractivity contribution in [3.05, 3.63) is 0 Å².